The van der Waals surface area contributed by atoms with Crippen molar-refractivity contribution in [1.29, 1.82) is 0 Å². The highest BCUT2D eigenvalue weighted by Crippen LogP contribution is 2.23. The maximum absolute atomic E-state index is 13.7. The van der Waals surface area contributed by atoms with Gasteiger partial charge in [-0.25, -0.2) is 22.0 Å². The second kappa shape index (κ2) is 8.05. The molecule has 0 aliphatic rings. The van der Waals surface area contributed by atoms with Gasteiger partial charge in [-0.05, 0) is 17.7 Å². The van der Waals surface area contributed by atoms with E-state index in [1.54, 1.807) is 24.3 Å². The highest BCUT2D eigenvalue weighted by atomic mass is 35.5. The molecule has 0 spiro atoms. The summed E-state index contributed by atoms with van der Waals surface area (Å²) in [7, 11) is 0. The third kappa shape index (κ3) is 4.11. The molecule has 1 heterocycles. The average molecular weight is 419 g/mol. The van der Waals surface area contributed by atoms with E-state index in [4.69, 9.17) is 11.6 Å². The van der Waals surface area contributed by atoms with Gasteiger partial charge in [-0.1, -0.05) is 35.5 Å². The quantitative estimate of drug-likeness (QED) is 0.196. The molecule has 140 valence electrons. The Balaban J connectivity index is 1.82. The molecule has 4 nitrogen and oxygen atoms in total. The van der Waals surface area contributed by atoms with Crippen molar-refractivity contribution in [3.63, 3.8) is 0 Å². The van der Waals surface area contributed by atoms with Crippen LogP contribution in [0.2, 0.25) is 5.02 Å². The van der Waals surface area contributed by atoms with Crippen LogP contribution in [-0.2, 0) is 5.75 Å². The maximum Gasteiger partial charge on any atom is 0.212 e. The average Bonchev–Trinajstić information content (AvgIpc) is 3.12. The minimum absolute atomic E-state index is 0.255. The van der Waals surface area contributed by atoms with Crippen molar-refractivity contribution in [3.05, 3.63) is 75.8 Å². The van der Waals surface area contributed by atoms with E-state index in [1.165, 1.54) is 11.8 Å². The van der Waals surface area contributed by atoms with Gasteiger partial charge in [0.2, 0.25) is 11.0 Å². The summed E-state index contributed by atoms with van der Waals surface area (Å²) in [5, 5.41) is 11.9. The van der Waals surface area contributed by atoms with E-state index in [0.29, 0.717) is 17.0 Å². The smallest absolute Gasteiger partial charge is 0.203 e. The summed E-state index contributed by atoms with van der Waals surface area (Å²) < 4.78 is 67.9. The van der Waals surface area contributed by atoms with Crippen LogP contribution in [0.3, 0.4) is 0 Å². The molecule has 0 radical (unpaired) electrons. The van der Waals surface area contributed by atoms with Gasteiger partial charge < -0.3 is 0 Å². The number of thioether (sulfide) groups is 1. The lowest BCUT2D eigenvalue weighted by atomic mass is 10.2. The van der Waals surface area contributed by atoms with E-state index < -0.39 is 34.6 Å². The first-order valence-electron chi connectivity index (χ1n) is 7.21. The van der Waals surface area contributed by atoms with Crippen LogP contribution < -0.4 is 0 Å². The Morgan fingerprint density at radius 1 is 0.963 bits per heavy atom. The first-order chi connectivity index (χ1) is 12.9. The van der Waals surface area contributed by atoms with Crippen molar-refractivity contribution in [2.45, 2.75) is 10.9 Å². The van der Waals surface area contributed by atoms with Crippen molar-refractivity contribution < 1.29 is 22.0 Å². The van der Waals surface area contributed by atoms with Gasteiger partial charge in [0.1, 0.15) is 6.33 Å². The van der Waals surface area contributed by atoms with Crippen molar-refractivity contribution in [2.24, 2.45) is 5.10 Å². The van der Waals surface area contributed by atoms with E-state index in [-0.39, 0.29) is 5.16 Å². The zero-order valence-corrected chi connectivity index (χ0v) is 14.7. The lowest BCUT2D eigenvalue weighted by Gasteiger charge is -2.04. The molecule has 0 amide bonds. The zero-order valence-electron chi connectivity index (χ0n) is 13.1. The number of hydrogen-bond acceptors (Lipinski definition) is 4. The monoisotopic (exact) mass is 418 g/mol. The summed E-state index contributed by atoms with van der Waals surface area (Å²) in [6, 6.07) is 7.02. The number of halogens is 6. The number of aromatic nitrogens is 3. The summed E-state index contributed by atoms with van der Waals surface area (Å²) in [6.45, 7) is 0. The molecule has 0 aliphatic heterocycles. The van der Waals surface area contributed by atoms with Crippen molar-refractivity contribution >= 4 is 29.6 Å². The van der Waals surface area contributed by atoms with Crippen molar-refractivity contribution in [2.75, 3.05) is 0 Å². The first kappa shape index (κ1) is 19.3. The van der Waals surface area contributed by atoms with E-state index >= 15 is 0 Å². The molecule has 0 unspecified atom stereocenters. The predicted octanol–water partition coefficient (Wildman–Crippen LogP) is 4.80. The molecule has 3 rings (SSSR count). The molecule has 3 aromatic rings. The fourth-order valence-corrected chi connectivity index (χ4v) is 2.92. The Kier molecular flexibility index (Phi) is 5.76. The third-order valence-electron chi connectivity index (χ3n) is 3.34. The van der Waals surface area contributed by atoms with Crippen LogP contribution in [0, 0.1) is 29.1 Å². The molecule has 0 aliphatic carbocycles. The second-order valence-corrected chi connectivity index (χ2v) is 6.48. The van der Waals surface area contributed by atoms with Crippen LogP contribution in [0.5, 0.6) is 0 Å². The number of rotatable bonds is 5. The minimum atomic E-state index is -2.23. The van der Waals surface area contributed by atoms with Crippen LogP contribution in [-0.4, -0.2) is 21.1 Å². The van der Waals surface area contributed by atoms with Gasteiger partial charge in [0.15, 0.2) is 23.3 Å². The summed E-state index contributed by atoms with van der Waals surface area (Å²) in [5.41, 5.74) is -0.239. The molecule has 0 fully saturated rings. The molecule has 2 aromatic carbocycles. The fourth-order valence-electron chi connectivity index (χ4n) is 1.98. The molecule has 0 saturated heterocycles. The summed E-state index contributed by atoms with van der Waals surface area (Å²) in [6.07, 6.45) is 1.65. The number of hydrogen-bond donors (Lipinski definition) is 0. The molecule has 11 heteroatoms. The van der Waals surface area contributed by atoms with Crippen molar-refractivity contribution in [3.8, 4) is 0 Å². The van der Waals surface area contributed by atoms with Gasteiger partial charge in [0.25, 0.3) is 0 Å². The Morgan fingerprint density at radius 3 is 2.19 bits per heavy atom. The SMILES string of the molecule is Fc1c(F)c(F)c(/C=N/n2cnnc2SCc2ccc(Cl)cc2)c(F)c1F. The Morgan fingerprint density at radius 2 is 1.56 bits per heavy atom. The number of nitrogens with zero attached hydrogens (tertiary/aromatic N) is 4. The summed E-state index contributed by atoms with van der Waals surface area (Å²) in [4.78, 5) is 0. The fraction of sp³-hybridized carbons (Fsp3) is 0.0625. The van der Waals surface area contributed by atoms with Crippen LogP contribution >= 0.6 is 23.4 Å². The lowest BCUT2D eigenvalue weighted by Crippen LogP contribution is -2.07. The maximum atomic E-state index is 13.7. The van der Waals surface area contributed by atoms with Gasteiger partial charge in [-0.15, -0.1) is 10.2 Å². The largest absolute Gasteiger partial charge is 0.212 e. The van der Waals surface area contributed by atoms with Gasteiger partial charge in [-0.3, -0.25) is 0 Å². The van der Waals surface area contributed by atoms with Gasteiger partial charge >= 0.3 is 0 Å². The molecule has 0 bridgehead atoms. The van der Waals surface area contributed by atoms with Crippen LogP contribution in [0.15, 0.2) is 40.9 Å². The van der Waals surface area contributed by atoms with E-state index in [1.807, 2.05) is 0 Å². The molecule has 0 saturated carbocycles. The topological polar surface area (TPSA) is 43.1 Å². The van der Waals surface area contributed by atoms with E-state index in [9.17, 15) is 22.0 Å². The molecule has 0 atom stereocenters. The molecular weight excluding hydrogens is 411 g/mol. The normalized spacial score (nSPS) is 11.5. The van der Waals surface area contributed by atoms with Crippen LogP contribution in [0.1, 0.15) is 11.1 Å². The second-order valence-electron chi connectivity index (χ2n) is 5.10. The number of benzene rings is 2. The highest BCUT2D eigenvalue weighted by Gasteiger charge is 2.24. The molecular formula is C16H8ClF5N4S. The van der Waals surface area contributed by atoms with Crippen LogP contribution in [0.4, 0.5) is 22.0 Å². The third-order valence-corrected chi connectivity index (χ3v) is 4.59. The summed E-state index contributed by atoms with van der Waals surface area (Å²) >= 11 is 7.00. The standard InChI is InChI=1S/C16H8ClF5N4S/c17-9-3-1-8(2-4-9)6-27-16-25-23-7-26(16)24-5-10-11(18)13(20)15(22)14(21)12(10)19/h1-5,7H,6H2/b24-5+. The molecule has 0 N–H and O–H groups in total. The predicted molar refractivity (Wildman–Crippen MR) is 90.3 cm³/mol. The van der Waals surface area contributed by atoms with Gasteiger partial charge in [0.05, 0.1) is 11.8 Å². The Labute approximate surface area is 158 Å². The van der Waals surface area contributed by atoms with Gasteiger partial charge in [-0.2, -0.15) is 9.78 Å². The molecule has 27 heavy (non-hydrogen) atoms. The first-order valence-corrected chi connectivity index (χ1v) is 8.58. The van der Waals surface area contributed by atoms with Gasteiger partial charge in [0, 0.05) is 10.8 Å². The van der Waals surface area contributed by atoms with Crippen molar-refractivity contribution in [1.82, 2.24) is 14.9 Å². The minimum Gasteiger partial charge on any atom is -0.203 e. The molecule has 1 aromatic heterocycles. The van der Waals surface area contributed by atoms with E-state index in [2.05, 4.69) is 15.3 Å². The highest BCUT2D eigenvalue weighted by molar-refractivity contribution is 7.98. The van der Waals surface area contributed by atoms with E-state index in [0.717, 1.165) is 16.6 Å². The Bertz CT molecular complexity index is 978. The lowest BCUT2D eigenvalue weighted by molar-refractivity contribution is 0.377. The zero-order chi connectivity index (χ0) is 19.6. The van der Waals surface area contributed by atoms with Crippen LogP contribution in [0.25, 0.3) is 0 Å². The Hall–Kier alpha value is -2.46. The summed E-state index contributed by atoms with van der Waals surface area (Å²) in [5.74, 6) is -9.80.